The molecule has 2 aromatic rings. The lowest BCUT2D eigenvalue weighted by Gasteiger charge is -2.32. The minimum absolute atomic E-state index is 0.0304. The van der Waals surface area contributed by atoms with Crippen molar-refractivity contribution in [3.8, 4) is 11.5 Å². The van der Waals surface area contributed by atoms with Crippen molar-refractivity contribution in [1.82, 2.24) is 0 Å². The maximum Gasteiger partial charge on any atom is 0.325 e. The van der Waals surface area contributed by atoms with Crippen molar-refractivity contribution in [3.05, 3.63) is 54.6 Å². The molecule has 29 heavy (non-hydrogen) atoms. The molecule has 1 fully saturated rings. The number of ether oxygens (including phenoxy) is 2. The third-order valence-electron chi connectivity index (χ3n) is 4.32. The number of benzene rings is 2. The molecule has 3 rings (SSSR count). The molecule has 0 amide bonds. The molecule has 1 saturated heterocycles. The first-order valence-electron chi connectivity index (χ1n) is 9.84. The van der Waals surface area contributed by atoms with Gasteiger partial charge in [0.05, 0.1) is 4.90 Å². The van der Waals surface area contributed by atoms with Crippen molar-refractivity contribution in [1.29, 1.82) is 0 Å². The maximum atomic E-state index is 12.9. The van der Waals surface area contributed by atoms with Gasteiger partial charge in [0.2, 0.25) is 0 Å². The molecular formula is C22H30O6S. The van der Waals surface area contributed by atoms with E-state index in [1.165, 1.54) is 24.3 Å². The van der Waals surface area contributed by atoms with Gasteiger partial charge in [-0.2, -0.15) is 0 Å². The summed E-state index contributed by atoms with van der Waals surface area (Å²) in [5.41, 5.74) is 0. The van der Waals surface area contributed by atoms with E-state index in [9.17, 15) is 18.3 Å². The van der Waals surface area contributed by atoms with Crippen molar-refractivity contribution >= 4 is 15.8 Å². The molecule has 1 aliphatic heterocycles. The zero-order valence-electron chi connectivity index (χ0n) is 17.4. The summed E-state index contributed by atoms with van der Waals surface area (Å²) in [6, 6.07) is 14.9. The molecule has 1 heterocycles. The highest BCUT2D eigenvalue weighted by molar-refractivity contribution is 7.93. The van der Waals surface area contributed by atoms with Gasteiger partial charge in [0.25, 0.3) is 0 Å². The van der Waals surface area contributed by atoms with E-state index < -0.39 is 20.6 Å². The molecule has 0 aromatic heterocycles. The number of para-hydroxylation sites is 1. The average Bonchev–Trinajstić information content (AvgIpc) is 2.78. The summed E-state index contributed by atoms with van der Waals surface area (Å²) < 4.78 is 34.8. The zero-order chi connectivity index (χ0) is 21.9. The molecule has 2 aromatic carbocycles. The van der Waals surface area contributed by atoms with Crippen molar-refractivity contribution in [2.45, 2.75) is 50.2 Å². The summed E-state index contributed by atoms with van der Waals surface area (Å²) in [6.45, 7) is 8.22. The Hall–Kier alpha value is -2.38. The lowest BCUT2D eigenvalue weighted by molar-refractivity contribution is -0.142. The molecular weight excluding hydrogens is 392 g/mol. The Morgan fingerprint density at radius 2 is 1.38 bits per heavy atom. The van der Waals surface area contributed by atoms with Gasteiger partial charge in [-0.15, -0.1) is 0 Å². The summed E-state index contributed by atoms with van der Waals surface area (Å²) in [6.07, 6.45) is -0.125. The second kappa shape index (κ2) is 11.6. The van der Waals surface area contributed by atoms with Gasteiger partial charge in [-0.25, -0.2) is 8.42 Å². The van der Waals surface area contributed by atoms with Crippen LogP contribution < -0.4 is 4.74 Å². The van der Waals surface area contributed by atoms with E-state index in [2.05, 4.69) is 0 Å². The summed E-state index contributed by atoms with van der Waals surface area (Å²) in [5.74, 6) is -0.230. The first kappa shape index (κ1) is 24.7. The molecule has 0 spiro atoms. The van der Waals surface area contributed by atoms with E-state index in [4.69, 9.17) is 9.47 Å². The topological polar surface area (TPSA) is 89.9 Å². The van der Waals surface area contributed by atoms with Gasteiger partial charge in [0.15, 0.2) is 14.6 Å². The van der Waals surface area contributed by atoms with Gasteiger partial charge >= 0.3 is 5.97 Å². The van der Waals surface area contributed by atoms with E-state index in [1.807, 2.05) is 45.9 Å². The van der Waals surface area contributed by atoms with Crippen LogP contribution in [0.1, 0.15) is 40.5 Å². The van der Waals surface area contributed by atoms with Crippen LogP contribution in [0.2, 0.25) is 0 Å². The second-order valence-corrected chi connectivity index (χ2v) is 8.06. The fourth-order valence-electron chi connectivity index (χ4n) is 2.84. The van der Waals surface area contributed by atoms with E-state index >= 15 is 0 Å². The fourth-order valence-corrected chi connectivity index (χ4v) is 4.72. The number of carboxylic acids is 1. The Bertz CT molecular complexity index is 839. The van der Waals surface area contributed by atoms with E-state index in [1.54, 1.807) is 12.1 Å². The summed E-state index contributed by atoms with van der Waals surface area (Å²) in [4.78, 5) is 11.7. The average molecular weight is 423 g/mol. The lowest BCUT2D eigenvalue weighted by atomic mass is 9.99. The molecule has 160 valence electrons. The number of hydrogen-bond acceptors (Lipinski definition) is 5. The number of rotatable bonds is 5. The van der Waals surface area contributed by atoms with Crippen LogP contribution in [0.4, 0.5) is 0 Å². The van der Waals surface area contributed by atoms with Crippen LogP contribution in [0.3, 0.4) is 0 Å². The molecule has 6 nitrogen and oxygen atoms in total. The Balaban J connectivity index is 0.000000989. The largest absolute Gasteiger partial charge is 0.480 e. The monoisotopic (exact) mass is 422 g/mol. The van der Waals surface area contributed by atoms with Gasteiger partial charge in [0, 0.05) is 26.1 Å². The van der Waals surface area contributed by atoms with E-state index in [-0.39, 0.29) is 31.0 Å². The highest BCUT2D eigenvalue weighted by Crippen LogP contribution is 2.36. The third-order valence-corrected chi connectivity index (χ3v) is 6.82. The molecule has 7 heteroatoms. The molecule has 0 bridgehead atoms. The molecule has 0 atom stereocenters. The Labute approximate surface area is 173 Å². The molecule has 1 N–H and O–H groups in total. The van der Waals surface area contributed by atoms with Crippen LogP contribution >= 0.6 is 0 Å². The van der Waals surface area contributed by atoms with Gasteiger partial charge in [-0.3, -0.25) is 4.79 Å². The lowest BCUT2D eigenvalue weighted by Crippen LogP contribution is -2.50. The smallest absolute Gasteiger partial charge is 0.325 e. The number of carboxylic acid groups (broad SMARTS) is 1. The molecule has 0 unspecified atom stereocenters. The van der Waals surface area contributed by atoms with Crippen LogP contribution in [0.25, 0.3) is 0 Å². The van der Waals surface area contributed by atoms with Gasteiger partial charge < -0.3 is 14.6 Å². The normalized spacial score (nSPS) is 15.0. The van der Waals surface area contributed by atoms with Crippen LogP contribution in [0, 0.1) is 0 Å². The van der Waals surface area contributed by atoms with E-state index in [0.29, 0.717) is 11.5 Å². The van der Waals surface area contributed by atoms with Gasteiger partial charge in [-0.1, -0.05) is 45.9 Å². The number of sulfone groups is 1. The van der Waals surface area contributed by atoms with Crippen LogP contribution in [-0.4, -0.2) is 37.5 Å². The quantitative estimate of drug-likeness (QED) is 0.734. The second-order valence-electron chi connectivity index (χ2n) is 5.80. The van der Waals surface area contributed by atoms with Crippen LogP contribution in [-0.2, 0) is 19.4 Å². The van der Waals surface area contributed by atoms with Crippen LogP contribution in [0.5, 0.6) is 11.5 Å². The minimum Gasteiger partial charge on any atom is -0.480 e. The first-order valence-corrected chi connectivity index (χ1v) is 11.3. The number of hydrogen-bond donors (Lipinski definition) is 1. The van der Waals surface area contributed by atoms with Crippen LogP contribution in [0.15, 0.2) is 59.5 Å². The standard InChI is InChI=1S/C18H18O6S.2C2H6/c19-17(20)18(10-12-23-13-11-18)25(21,22)16-8-6-15(7-9-16)24-14-4-2-1-3-5-14;2*1-2/h1-9H,10-13H2,(H,19,20);2*1-2H3. The van der Waals surface area contributed by atoms with Crippen molar-refractivity contribution in [2.75, 3.05) is 13.2 Å². The molecule has 0 aliphatic carbocycles. The minimum atomic E-state index is -4.05. The Kier molecular flexibility index (Phi) is 9.85. The van der Waals surface area contributed by atoms with Gasteiger partial charge in [-0.05, 0) is 36.4 Å². The van der Waals surface area contributed by atoms with Gasteiger partial charge in [0.1, 0.15) is 11.5 Å². The predicted molar refractivity (Wildman–Crippen MR) is 113 cm³/mol. The molecule has 0 radical (unpaired) electrons. The number of carbonyl (C=O) groups is 1. The van der Waals surface area contributed by atoms with Crippen molar-refractivity contribution in [3.63, 3.8) is 0 Å². The van der Waals surface area contributed by atoms with E-state index in [0.717, 1.165) is 0 Å². The molecule has 0 saturated carbocycles. The summed E-state index contributed by atoms with van der Waals surface area (Å²) in [5, 5.41) is 9.58. The number of aliphatic carboxylic acids is 1. The molecule has 1 aliphatic rings. The fraction of sp³-hybridized carbons (Fsp3) is 0.409. The first-order chi connectivity index (χ1) is 14.0. The Morgan fingerprint density at radius 1 is 0.897 bits per heavy atom. The highest BCUT2D eigenvalue weighted by atomic mass is 32.2. The van der Waals surface area contributed by atoms with Crippen molar-refractivity contribution < 1.29 is 27.8 Å². The highest BCUT2D eigenvalue weighted by Gasteiger charge is 2.52. The maximum absolute atomic E-state index is 12.9. The van der Waals surface area contributed by atoms with Crippen molar-refractivity contribution in [2.24, 2.45) is 0 Å². The Morgan fingerprint density at radius 3 is 1.86 bits per heavy atom. The SMILES string of the molecule is CC.CC.O=C(O)C1(S(=O)(=O)c2ccc(Oc3ccccc3)cc2)CCOCC1. The zero-order valence-corrected chi connectivity index (χ0v) is 18.2. The third kappa shape index (κ3) is 5.58. The summed E-state index contributed by atoms with van der Waals surface area (Å²) in [7, 11) is -4.05. The summed E-state index contributed by atoms with van der Waals surface area (Å²) >= 11 is 0. The predicted octanol–water partition coefficient (Wildman–Crippen LogP) is 4.94.